The van der Waals surface area contributed by atoms with Gasteiger partial charge in [-0.05, 0) is 31.0 Å². The lowest BCUT2D eigenvalue weighted by Crippen LogP contribution is -2.24. The number of benzene rings is 2. The van der Waals surface area contributed by atoms with Crippen molar-refractivity contribution in [1.82, 2.24) is 4.98 Å². The summed E-state index contributed by atoms with van der Waals surface area (Å²) in [6, 6.07) is 14.6. The smallest absolute Gasteiger partial charge is 0.199 e. The zero-order valence-corrected chi connectivity index (χ0v) is 11.3. The van der Waals surface area contributed by atoms with Gasteiger partial charge in [0, 0.05) is 28.8 Å². The standard InChI is InChI=1S/C17H17NO2/c1-2-6-15-13(5-1)14-9-8-12(11-16(14)18-15)20-17-7-3-4-10-19-17/h1-2,5-6,8-9,11,17-18H,3-4,7,10H2. The van der Waals surface area contributed by atoms with Crippen LogP contribution in [0.5, 0.6) is 5.75 Å². The summed E-state index contributed by atoms with van der Waals surface area (Å²) in [5.74, 6) is 0.871. The molecule has 1 fully saturated rings. The molecule has 0 amide bonds. The van der Waals surface area contributed by atoms with Crippen molar-refractivity contribution < 1.29 is 9.47 Å². The van der Waals surface area contributed by atoms with Crippen LogP contribution in [0.3, 0.4) is 0 Å². The van der Waals surface area contributed by atoms with Crippen LogP contribution in [0, 0.1) is 0 Å². The number of aromatic amines is 1. The van der Waals surface area contributed by atoms with Crippen molar-refractivity contribution in [3.8, 4) is 5.75 Å². The molecule has 1 N–H and O–H groups in total. The molecule has 102 valence electrons. The number of para-hydroxylation sites is 1. The molecule has 3 aromatic rings. The van der Waals surface area contributed by atoms with Crippen molar-refractivity contribution in [2.24, 2.45) is 0 Å². The third-order valence-corrected chi connectivity index (χ3v) is 3.88. The number of hydrogen-bond acceptors (Lipinski definition) is 2. The lowest BCUT2D eigenvalue weighted by atomic mass is 10.1. The Morgan fingerprint density at radius 3 is 2.80 bits per heavy atom. The highest BCUT2D eigenvalue weighted by Gasteiger charge is 2.15. The minimum atomic E-state index is -0.0921. The van der Waals surface area contributed by atoms with Gasteiger partial charge in [-0.25, -0.2) is 0 Å². The summed E-state index contributed by atoms with van der Waals surface area (Å²) in [6.07, 6.45) is 3.20. The molecule has 1 unspecified atom stereocenters. The first kappa shape index (κ1) is 11.8. The highest BCUT2D eigenvalue weighted by Crippen LogP contribution is 2.29. The molecule has 20 heavy (non-hydrogen) atoms. The Bertz CT molecular complexity index is 741. The van der Waals surface area contributed by atoms with Crippen LogP contribution in [-0.2, 0) is 4.74 Å². The molecular weight excluding hydrogens is 250 g/mol. The first-order valence-corrected chi connectivity index (χ1v) is 7.19. The first-order valence-electron chi connectivity index (χ1n) is 7.19. The second-order valence-corrected chi connectivity index (χ2v) is 5.29. The van der Waals surface area contributed by atoms with E-state index in [0.717, 1.165) is 36.2 Å². The molecule has 1 aliphatic heterocycles. The predicted molar refractivity (Wildman–Crippen MR) is 80.0 cm³/mol. The average Bonchev–Trinajstić information content (AvgIpc) is 2.86. The Morgan fingerprint density at radius 1 is 1.00 bits per heavy atom. The van der Waals surface area contributed by atoms with Crippen LogP contribution in [0.15, 0.2) is 42.5 Å². The van der Waals surface area contributed by atoms with Crippen molar-refractivity contribution in [2.75, 3.05) is 6.61 Å². The molecule has 1 aromatic heterocycles. The largest absolute Gasteiger partial charge is 0.465 e. The van der Waals surface area contributed by atoms with E-state index in [9.17, 15) is 0 Å². The predicted octanol–water partition coefficient (Wildman–Crippen LogP) is 4.23. The van der Waals surface area contributed by atoms with E-state index >= 15 is 0 Å². The summed E-state index contributed by atoms with van der Waals surface area (Å²) in [6.45, 7) is 0.805. The second-order valence-electron chi connectivity index (χ2n) is 5.29. The van der Waals surface area contributed by atoms with E-state index in [1.807, 2.05) is 12.1 Å². The second kappa shape index (κ2) is 4.84. The Labute approximate surface area is 117 Å². The van der Waals surface area contributed by atoms with Crippen LogP contribution in [0.2, 0.25) is 0 Å². The molecule has 4 rings (SSSR count). The Morgan fingerprint density at radius 2 is 1.90 bits per heavy atom. The SMILES string of the molecule is c1ccc2c(c1)[nH]c1cc(OC3CCCCO3)ccc12. The van der Waals surface area contributed by atoms with Gasteiger partial charge in [0.2, 0.25) is 0 Å². The van der Waals surface area contributed by atoms with E-state index in [0.29, 0.717) is 0 Å². The van der Waals surface area contributed by atoms with Crippen LogP contribution in [-0.4, -0.2) is 17.9 Å². The van der Waals surface area contributed by atoms with Crippen LogP contribution in [0.25, 0.3) is 21.8 Å². The zero-order chi connectivity index (χ0) is 13.4. The van der Waals surface area contributed by atoms with E-state index in [1.54, 1.807) is 0 Å². The van der Waals surface area contributed by atoms with E-state index in [-0.39, 0.29) is 6.29 Å². The van der Waals surface area contributed by atoms with Crippen molar-refractivity contribution >= 4 is 21.8 Å². The van der Waals surface area contributed by atoms with Gasteiger partial charge in [-0.1, -0.05) is 18.2 Å². The molecule has 0 spiro atoms. The molecule has 0 saturated carbocycles. The summed E-state index contributed by atoms with van der Waals surface area (Å²) in [4.78, 5) is 3.43. The molecule has 0 radical (unpaired) electrons. The van der Waals surface area contributed by atoms with Gasteiger partial charge in [-0.2, -0.15) is 0 Å². The summed E-state index contributed by atoms with van der Waals surface area (Å²) >= 11 is 0. The van der Waals surface area contributed by atoms with Crippen molar-refractivity contribution in [2.45, 2.75) is 25.6 Å². The van der Waals surface area contributed by atoms with Gasteiger partial charge in [-0.15, -0.1) is 0 Å². The fraction of sp³-hybridized carbons (Fsp3) is 0.294. The van der Waals surface area contributed by atoms with Crippen molar-refractivity contribution in [3.63, 3.8) is 0 Å². The molecule has 2 aromatic carbocycles. The van der Waals surface area contributed by atoms with Crippen LogP contribution < -0.4 is 4.74 Å². The van der Waals surface area contributed by atoms with Gasteiger partial charge in [-0.3, -0.25) is 0 Å². The Kier molecular flexibility index (Phi) is 2.85. The minimum absolute atomic E-state index is 0.0921. The number of hydrogen-bond donors (Lipinski definition) is 1. The number of ether oxygens (including phenoxy) is 2. The van der Waals surface area contributed by atoms with E-state index in [4.69, 9.17) is 9.47 Å². The molecule has 3 heteroatoms. The molecule has 1 saturated heterocycles. The maximum absolute atomic E-state index is 5.92. The van der Waals surface area contributed by atoms with Crippen LogP contribution in [0.1, 0.15) is 19.3 Å². The summed E-state index contributed by atoms with van der Waals surface area (Å²) in [7, 11) is 0. The first-order chi connectivity index (χ1) is 9.90. The summed E-state index contributed by atoms with van der Waals surface area (Å²) in [5, 5.41) is 2.49. The van der Waals surface area contributed by atoms with E-state index in [2.05, 4.69) is 35.3 Å². The summed E-state index contributed by atoms with van der Waals surface area (Å²) in [5.41, 5.74) is 2.27. The molecule has 1 atom stereocenters. The van der Waals surface area contributed by atoms with Gasteiger partial charge in [0.05, 0.1) is 12.1 Å². The fourth-order valence-electron chi connectivity index (χ4n) is 2.86. The zero-order valence-electron chi connectivity index (χ0n) is 11.3. The van der Waals surface area contributed by atoms with Gasteiger partial charge in [0.25, 0.3) is 0 Å². The highest BCUT2D eigenvalue weighted by atomic mass is 16.7. The maximum atomic E-state index is 5.92. The van der Waals surface area contributed by atoms with Crippen LogP contribution >= 0.6 is 0 Å². The lowest BCUT2D eigenvalue weighted by Gasteiger charge is -2.23. The molecule has 1 aliphatic rings. The lowest BCUT2D eigenvalue weighted by molar-refractivity contribution is -0.105. The van der Waals surface area contributed by atoms with Gasteiger partial charge < -0.3 is 14.5 Å². The van der Waals surface area contributed by atoms with Gasteiger partial charge in [0.15, 0.2) is 6.29 Å². The molecule has 3 nitrogen and oxygen atoms in total. The molecule has 0 aliphatic carbocycles. The third-order valence-electron chi connectivity index (χ3n) is 3.88. The summed E-state index contributed by atoms with van der Waals surface area (Å²) < 4.78 is 11.5. The molecular formula is C17H17NO2. The maximum Gasteiger partial charge on any atom is 0.199 e. The number of fused-ring (bicyclic) bond motifs is 3. The highest BCUT2D eigenvalue weighted by molar-refractivity contribution is 6.07. The van der Waals surface area contributed by atoms with E-state index in [1.165, 1.54) is 17.2 Å². The van der Waals surface area contributed by atoms with Crippen molar-refractivity contribution in [3.05, 3.63) is 42.5 Å². The van der Waals surface area contributed by atoms with Crippen LogP contribution in [0.4, 0.5) is 0 Å². The number of H-pyrrole nitrogens is 1. The number of aromatic nitrogens is 1. The van der Waals surface area contributed by atoms with E-state index < -0.39 is 0 Å². The Hall–Kier alpha value is -2.00. The topological polar surface area (TPSA) is 34.2 Å². The quantitative estimate of drug-likeness (QED) is 0.754. The van der Waals surface area contributed by atoms with Crippen molar-refractivity contribution in [1.29, 1.82) is 0 Å². The molecule has 0 bridgehead atoms. The normalized spacial score (nSPS) is 19.5. The minimum Gasteiger partial charge on any atom is -0.465 e. The average molecular weight is 267 g/mol. The molecule has 2 heterocycles. The number of nitrogens with one attached hydrogen (secondary N) is 1. The monoisotopic (exact) mass is 267 g/mol. The Balaban J connectivity index is 1.69. The fourth-order valence-corrected chi connectivity index (χ4v) is 2.86. The van der Waals surface area contributed by atoms with Gasteiger partial charge >= 0.3 is 0 Å². The van der Waals surface area contributed by atoms with Gasteiger partial charge in [0.1, 0.15) is 5.75 Å². The number of rotatable bonds is 2. The third kappa shape index (κ3) is 2.04.